The lowest BCUT2D eigenvalue weighted by molar-refractivity contribution is 0.0978. The maximum absolute atomic E-state index is 12.2. The van der Waals surface area contributed by atoms with Crippen LogP contribution in [0, 0.1) is 0 Å². The van der Waals surface area contributed by atoms with Gasteiger partial charge in [0.05, 0.1) is 15.2 Å². The zero-order chi connectivity index (χ0) is 20.2. The largest absolute Gasteiger partial charge is 0.332 e. The van der Waals surface area contributed by atoms with Gasteiger partial charge in [-0.25, -0.2) is 4.98 Å². The van der Waals surface area contributed by atoms with Crippen molar-refractivity contribution in [2.45, 2.75) is 6.42 Å². The van der Waals surface area contributed by atoms with Crippen LogP contribution in [0.2, 0.25) is 5.02 Å². The molecule has 1 heterocycles. The number of rotatable bonds is 4. The van der Waals surface area contributed by atoms with Crippen molar-refractivity contribution in [1.29, 1.82) is 0 Å². The van der Waals surface area contributed by atoms with Gasteiger partial charge >= 0.3 is 0 Å². The molecule has 0 fully saturated rings. The van der Waals surface area contributed by atoms with Crippen LogP contribution in [0.25, 0.3) is 10.2 Å². The molecule has 0 aliphatic carbocycles. The molecule has 7 heteroatoms. The minimum Gasteiger partial charge on any atom is -0.332 e. The second kappa shape index (κ2) is 8.69. The first kappa shape index (κ1) is 19.5. The molecule has 4 nitrogen and oxygen atoms in total. The summed E-state index contributed by atoms with van der Waals surface area (Å²) in [5.74, 6) is -0.286. The molecule has 3 aromatic carbocycles. The van der Waals surface area contributed by atoms with Gasteiger partial charge in [0.1, 0.15) is 0 Å². The summed E-state index contributed by atoms with van der Waals surface area (Å²) in [4.78, 5) is 16.9. The number of hydrogen-bond donors (Lipinski definition) is 2. The number of carbonyl (C=O) groups is 1. The minimum absolute atomic E-state index is 0.240. The van der Waals surface area contributed by atoms with E-state index < -0.39 is 0 Å². The fourth-order valence-electron chi connectivity index (χ4n) is 2.81. The van der Waals surface area contributed by atoms with E-state index in [2.05, 4.69) is 21.7 Å². The van der Waals surface area contributed by atoms with Gasteiger partial charge in [-0.2, -0.15) is 0 Å². The summed E-state index contributed by atoms with van der Waals surface area (Å²) >= 11 is 12.8. The molecule has 2 N–H and O–H groups in total. The fourth-order valence-corrected chi connectivity index (χ4v) is 4.15. The Labute approximate surface area is 182 Å². The van der Waals surface area contributed by atoms with Gasteiger partial charge in [0.2, 0.25) is 0 Å². The third-order valence-corrected chi connectivity index (χ3v) is 5.73. The highest BCUT2D eigenvalue weighted by Gasteiger charge is 2.08. The molecule has 0 aliphatic heterocycles. The Balaban J connectivity index is 1.35. The van der Waals surface area contributed by atoms with E-state index in [0.717, 1.165) is 28.2 Å². The molecule has 0 unspecified atom stereocenters. The summed E-state index contributed by atoms with van der Waals surface area (Å²) in [5, 5.41) is 7.59. The smallest absolute Gasteiger partial charge is 0.257 e. The lowest BCUT2D eigenvalue weighted by Crippen LogP contribution is -2.34. The number of carbonyl (C=O) groups excluding carboxylic acids is 1. The molecular formula is C22H16ClN3OS2. The van der Waals surface area contributed by atoms with Gasteiger partial charge in [-0.1, -0.05) is 35.9 Å². The van der Waals surface area contributed by atoms with Crippen LogP contribution in [-0.4, -0.2) is 16.0 Å². The third kappa shape index (κ3) is 4.98. The number of thiocarbonyl (C=S) groups is 1. The summed E-state index contributed by atoms with van der Waals surface area (Å²) in [5.41, 5.74) is 3.49. The quantitative estimate of drug-likeness (QED) is 0.404. The Hall–Kier alpha value is -2.80. The molecule has 4 aromatic rings. The van der Waals surface area contributed by atoms with Crippen LogP contribution >= 0.6 is 35.2 Å². The Morgan fingerprint density at radius 2 is 1.72 bits per heavy atom. The Morgan fingerprint density at radius 1 is 1.00 bits per heavy atom. The van der Waals surface area contributed by atoms with Crippen molar-refractivity contribution >= 4 is 62.1 Å². The van der Waals surface area contributed by atoms with Crippen molar-refractivity contribution in [3.63, 3.8) is 0 Å². The van der Waals surface area contributed by atoms with Gasteiger partial charge in [0.15, 0.2) is 5.11 Å². The number of halogens is 1. The van der Waals surface area contributed by atoms with Crippen LogP contribution in [0.4, 0.5) is 5.69 Å². The predicted molar refractivity (Wildman–Crippen MR) is 124 cm³/mol. The predicted octanol–water partition coefficient (Wildman–Crippen LogP) is 5.67. The maximum Gasteiger partial charge on any atom is 0.257 e. The van der Waals surface area contributed by atoms with Crippen molar-refractivity contribution in [2.24, 2.45) is 0 Å². The molecule has 0 radical (unpaired) electrons. The van der Waals surface area contributed by atoms with Crippen molar-refractivity contribution < 1.29 is 4.79 Å². The molecule has 144 valence electrons. The minimum atomic E-state index is -0.286. The first-order valence-corrected chi connectivity index (χ1v) is 10.5. The average Bonchev–Trinajstić information content (AvgIpc) is 3.12. The zero-order valence-corrected chi connectivity index (χ0v) is 17.6. The molecular weight excluding hydrogens is 422 g/mol. The van der Waals surface area contributed by atoms with Crippen molar-refractivity contribution in [3.05, 3.63) is 94.0 Å². The van der Waals surface area contributed by atoms with E-state index >= 15 is 0 Å². The number of nitrogens with one attached hydrogen (secondary N) is 2. The topological polar surface area (TPSA) is 54.0 Å². The third-order valence-electron chi connectivity index (χ3n) is 4.24. The lowest BCUT2D eigenvalue weighted by Gasteiger charge is -2.10. The molecule has 29 heavy (non-hydrogen) atoms. The second-order valence-electron chi connectivity index (χ2n) is 6.36. The van der Waals surface area contributed by atoms with E-state index in [1.165, 1.54) is 4.70 Å². The van der Waals surface area contributed by atoms with E-state index in [4.69, 9.17) is 23.8 Å². The zero-order valence-electron chi connectivity index (χ0n) is 15.2. The molecule has 1 aromatic heterocycles. The molecule has 0 saturated carbocycles. The monoisotopic (exact) mass is 437 g/mol. The number of aromatic nitrogens is 1. The number of hydrogen-bond acceptors (Lipinski definition) is 4. The van der Waals surface area contributed by atoms with Crippen molar-refractivity contribution in [1.82, 2.24) is 10.3 Å². The van der Waals surface area contributed by atoms with Crippen LogP contribution in [0.15, 0.2) is 72.8 Å². The Morgan fingerprint density at radius 3 is 2.45 bits per heavy atom. The number of amides is 1. The number of fused-ring (bicyclic) bond motifs is 1. The highest BCUT2D eigenvalue weighted by Crippen LogP contribution is 2.24. The molecule has 4 rings (SSSR count). The second-order valence-corrected chi connectivity index (χ2v) is 8.32. The summed E-state index contributed by atoms with van der Waals surface area (Å²) in [7, 11) is 0. The lowest BCUT2D eigenvalue weighted by atomic mass is 10.1. The number of anilines is 1. The fraction of sp³-hybridized carbons (Fsp3) is 0.0455. The highest BCUT2D eigenvalue weighted by molar-refractivity contribution is 7.80. The van der Waals surface area contributed by atoms with Gasteiger partial charge in [-0.05, 0) is 66.3 Å². The van der Waals surface area contributed by atoms with Crippen molar-refractivity contribution in [3.8, 4) is 0 Å². The van der Waals surface area contributed by atoms with E-state index in [1.54, 1.807) is 35.6 Å². The van der Waals surface area contributed by atoms with Gasteiger partial charge in [0, 0.05) is 22.7 Å². The normalized spacial score (nSPS) is 10.7. The number of thiazole rings is 1. The first-order chi connectivity index (χ1) is 14.1. The summed E-state index contributed by atoms with van der Waals surface area (Å²) in [6, 6.07) is 22.7. The van der Waals surface area contributed by atoms with E-state index in [0.29, 0.717) is 10.6 Å². The number of para-hydroxylation sites is 1. The molecule has 0 aliphatic rings. The number of nitrogens with zero attached hydrogens (tertiary/aromatic N) is 1. The number of benzene rings is 3. The summed E-state index contributed by atoms with van der Waals surface area (Å²) in [6.07, 6.45) is 0.775. The SMILES string of the molecule is O=C(NC(=S)Nc1ccc(Cc2nc3ccccc3s2)cc1)c1ccc(Cl)cc1. The molecule has 0 spiro atoms. The molecule has 0 bridgehead atoms. The Kier molecular flexibility index (Phi) is 5.85. The first-order valence-electron chi connectivity index (χ1n) is 8.88. The van der Waals surface area contributed by atoms with E-state index in [9.17, 15) is 4.79 Å². The van der Waals surface area contributed by atoms with Crippen LogP contribution < -0.4 is 10.6 Å². The molecule has 0 saturated heterocycles. The van der Waals surface area contributed by atoms with Crippen molar-refractivity contribution in [2.75, 3.05) is 5.32 Å². The van der Waals surface area contributed by atoms with Gasteiger partial charge in [-0.15, -0.1) is 11.3 Å². The molecule has 0 atom stereocenters. The maximum atomic E-state index is 12.2. The van der Waals surface area contributed by atoms with Crippen LogP contribution in [0.3, 0.4) is 0 Å². The van der Waals surface area contributed by atoms with E-state index in [-0.39, 0.29) is 11.0 Å². The van der Waals surface area contributed by atoms with Crippen LogP contribution in [0.1, 0.15) is 20.9 Å². The average molecular weight is 438 g/mol. The summed E-state index contributed by atoms with van der Waals surface area (Å²) < 4.78 is 1.20. The van der Waals surface area contributed by atoms with Crippen LogP contribution in [-0.2, 0) is 6.42 Å². The van der Waals surface area contributed by atoms with Crippen LogP contribution in [0.5, 0.6) is 0 Å². The standard InChI is InChI=1S/C22H16ClN3OS2/c23-16-9-7-15(8-10-16)21(27)26-22(28)24-17-11-5-14(6-12-17)13-20-25-18-3-1-2-4-19(18)29-20/h1-12H,13H2,(H2,24,26,27,28). The highest BCUT2D eigenvalue weighted by atomic mass is 35.5. The Bertz CT molecular complexity index is 1140. The van der Waals surface area contributed by atoms with Gasteiger partial charge < -0.3 is 5.32 Å². The van der Waals surface area contributed by atoms with Gasteiger partial charge in [-0.3, -0.25) is 10.1 Å². The molecule has 1 amide bonds. The van der Waals surface area contributed by atoms with E-state index in [1.807, 2.05) is 42.5 Å². The summed E-state index contributed by atoms with van der Waals surface area (Å²) in [6.45, 7) is 0. The van der Waals surface area contributed by atoms with Gasteiger partial charge in [0.25, 0.3) is 5.91 Å².